The van der Waals surface area contributed by atoms with Crippen molar-refractivity contribution in [3.63, 3.8) is 0 Å². The van der Waals surface area contributed by atoms with Gasteiger partial charge in [-0.1, -0.05) is 60.2 Å². The summed E-state index contributed by atoms with van der Waals surface area (Å²) in [6.45, 7) is 8.14. The van der Waals surface area contributed by atoms with Crippen molar-refractivity contribution in [3.8, 4) is 0 Å². The van der Waals surface area contributed by atoms with E-state index in [9.17, 15) is 14.4 Å². The first-order valence-corrected chi connectivity index (χ1v) is 11.3. The summed E-state index contributed by atoms with van der Waals surface area (Å²) in [5.41, 5.74) is 5.72. The SMILES string of the molecule is Cc1ccc(Cn2nc(C)c(/C=C/C(=O)OC(C)C(=O)NC(=O)NCc3ccccc3)c2C)cc1. The van der Waals surface area contributed by atoms with E-state index in [0.717, 1.165) is 28.1 Å². The van der Waals surface area contributed by atoms with Crippen molar-refractivity contribution in [1.82, 2.24) is 20.4 Å². The minimum absolute atomic E-state index is 0.271. The lowest BCUT2D eigenvalue weighted by Crippen LogP contribution is -2.44. The van der Waals surface area contributed by atoms with Crippen molar-refractivity contribution in [2.24, 2.45) is 0 Å². The van der Waals surface area contributed by atoms with Crippen molar-refractivity contribution in [1.29, 1.82) is 0 Å². The van der Waals surface area contributed by atoms with Crippen molar-refractivity contribution in [2.75, 3.05) is 0 Å². The molecule has 35 heavy (non-hydrogen) atoms. The van der Waals surface area contributed by atoms with Crippen LogP contribution < -0.4 is 10.6 Å². The lowest BCUT2D eigenvalue weighted by molar-refractivity contribution is -0.149. The van der Waals surface area contributed by atoms with E-state index in [1.165, 1.54) is 18.6 Å². The van der Waals surface area contributed by atoms with Gasteiger partial charge >= 0.3 is 12.0 Å². The normalized spacial score (nSPS) is 11.8. The number of aromatic nitrogens is 2. The lowest BCUT2D eigenvalue weighted by atomic mass is 10.1. The molecule has 0 aliphatic rings. The fourth-order valence-corrected chi connectivity index (χ4v) is 3.43. The number of amides is 3. The van der Waals surface area contributed by atoms with Crippen LogP contribution in [0.5, 0.6) is 0 Å². The third-order valence-corrected chi connectivity index (χ3v) is 5.47. The van der Waals surface area contributed by atoms with Gasteiger partial charge in [0.15, 0.2) is 6.10 Å². The Balaban J connectivity index is 1.51. The van der Waals surface area contributed by atoms with Crippen LogP contribution in [-0.2, 0) is 27.4 Å². The predicted octanol–water partition coefficient (Wildman–Crippen LogP) is 3.83. The number of hydrogen-bond donors (Lipinski definition) is 2. The zero-order valence-electron chi connectivity index (χ0n) is 20.4. The third kappa shape index (κ3) is 7.40. The molecule has 2 N–H and O–H groups in total. The molecule has 8 nitrogen and oxygen atoms in total. The number of benzene rings is 2. The Labute approximate surface area is 205 Å². The largest absolute Gasteiger partial charge is 0.449 e. The number of carbonyl (C=O) groups excluding carboxylic acids is 3. The average molecular weight is 475 g/mol. The summed E-state index contributed by atoms with van der Waals surface area (Å²) in [6.07, 6.45) is 1.75. The average Bonchev–Trinajstić information content (AvgIpc) is 3.10. The molecule has 1 atom stereocenters. The van der Waals surface area contributed by atoms with Gasteiger partial charge in [0.25, 0.3) is 5.91 Å². The van der Waals surface area contributed by atoms with Crippen LogP contribution in [-0.4, -0.2) is 33.8 Å². The molecule has 0 fully saturated rings. The molecule has 0 saturated heterocycles. The minimum Gasteiger partial charge on any atom is -0.449 e. The summed E-state index contributed by atoms with van der Waals surface area (Å²) in [5, 5.41) is 9.33. The number of aryl methyl sites for hydroxylation is 2. The molecule has 0 saturated carbocycles. The lowest BCUT2D eigenvalue weighted by Gasteiger charge is -2.12. The number of carbonyl (C=O) groups is 3. The van der Waals surface area contributed by atoms with Crippen LogP contribution in [0.1, 0.15) is 40.6 Å². The molecule has 0 bridgehead atoms. The predicted molar refractivity (Wildman–Crippen MR) is 133 cm³/mol. The molecule has 8 heteroatoms. The van der Waals surface area contributed by atoms with E-state index < -0.39 is 24.0 Å². The van der Waals surface area contributed by atoms with Gasteiger partial charge in [-0.3, -0.25) is 14.8 Å². The Kier molecular flexibility index (Phi) is 8.56. The smallest absolute Gasteiger partial charge is 0.331 e. The van der Waals surface area contributed by atoms with Gasteiger partial charge in [-0.15, -0.1) is 0 Å². The summed E-state index contributed by atoms with van der Waals surface area (Å²) >= 11 is 0. The van der Waals surface area contributed by atoms with Crippen molar-refractivity contribution in [2.45, 2.75) is 46.9 Å². The zero-order valence-corrected chi connectivity index (χ0v) is 20.4. The van der Waals surface area contributed by atoms with E-state index in [0.29, 0.717) is 6.54 Å². The molecule has 1 unspecified atom stereocenters. The van der Waals surface area contributed by atoms with Crippen LogP contribution in [0.15, 0.2) is 60.7 Å². The molecular formula is C27H30N4O4. The van der Waals surface area contributed by atoms with E-state index >= 15 is 0 Å². The van der Waals surface area contributed by atoms with Gasteiger partial charge in [-0.05, 0) is 44.9 Å². The fraction of sp³-hybridized carbons (Fsp3) is 0.259. The van der Waals surface area contributed by atoms with Gasteiger partial charge < -0.3 is 10.1 Å². The zero-order chi connectivity index (χ0) is 25.4. The van der Waals surface area contributed by atoms with Gasteiger partial charge in [0, 0.05) is 23.9 Å². The van der Waals surface area contributed by atoms with Crippen LogP contribution in [0.3, 0.4) is 0 Å². The standard InChI is InChI=1S/C27H30N4O4/c1-18-10-12-23(13-11-18)17-31-20(3)24(19(2)30-31)14-15-25(32)35-21(4)26(33)29-27(34)28-16-22-8-6-5-7-9-22/h5-15,21H,16-17H2,1-4H3,(H2,28,29,33,34)/b15-14+. The highest BCUT2D eigenvalue weighted by Crippen LogP contribution is 2.17. The number of esters is 1. The topological polar surface area (TPSA) is 102 Å². The molecule has 2 aromatic carbocycles. The molecule has 3 aromatic rings. The van der Waals surface area contributed by atoms with Gasteiger partial charge in [-0.25, -0.2) is 9.59 Å². The van der Waals surface area contributed by atoms with Crippen LogP contribution in [0.4, 0.5) is 4.79 Å². The number of nitrogens with zero attached hydrogens (tertiary/aromatic N) is 2. The molecule has 0 radical (unpaired) electrons. The summed E-state index contributed by atoms with van der Waals surface area (Å²) in [4.78, 5) is 36.4. The summed E-state index contributed by atoms with van der Waals surface area (Å²) in [7, 11) is 0. The van der Waals surface area contributed by atoms with Crippen LogP contribution >= 0.6 is 0 Å². The summed E-state index contributed by atoms with van der Waals surface area (Å²) in [5.74, 6) is -1.40. The fourth-order valence-electron chi connectivity index (χ4n) is 3.43. The van der Waals surface area contributed by atoms with E-state index in [4.69, 9.17) is 4.74 Å². The number of imide groups is 1. The molecule has 1 heterocycles. The second-order valence-corrected chi connectivity index (χ2v) is 8.30. The maximum atomic E-state index is 12.3. The Morgan fingerprint density at radius 1 is 1.00 bits per heavy atom. The summed E-state index contributed by atoms with van der Waals surface area (Å²) < 4.78 is 7.03. The number of rotatable bonds is 8. The molecule has 0 aliphatic heterocycles. The molecule has 0 aliphatic carbocycles. The molecule has 1 aromatic heterocycles. The van der Waals surface area contributed by atoms with Crippen LogP contribution in [0.25, 0.3) is 6.08 Å². The molecule has 3 rings (SSSR count). The Bertz CT molecular complexity index is 1210. The van der Waals surface area contributed by atoms with E-state index in [2.05, 4.69) is 40.0 Å². The second-order valence-electron chi connectivity index (χ2n) is 8.30. The van der Waals surface area contributed by atoms with Crippen LogP contribution in [0.2, 0.25) is 0 Å². The Hall–Kier alpha value is -4.20. The quantitative estimate of drug-likeness (QED) is 0.382. The minimum atomic E-state index is -1.14. The number of ether oxygens (including phenoxy) is 1. The Morgan fingerprint density at radius 3 is 2.37 bits per heavy atom. The van der Waals surface area contributed by atoms with E-state index in [1.807, 2.05) is 55.8 Å². The van der Waals surface area contributed by atoms with Crippen molar-refractivity contribution < 1.29 is 19.1 Å². The number of nitrogens with one attached hydrogen (secondary N) is 2. The van der Waals surface area contributed by atoms with Crippen molar-refractivity contribution >= 4 is 24.0 Å². The maximum Gasteiger partial charge on any atom is 0.331 e. The first kappa shape index (κ1) is 25.4. The van der Waals surface area contributed by atoms with Gasteiger partial charge in [0.2, 0.25) is 0 Å². The first-order chi connectivity index (χ1) is 16.7. The van der Waals surface area contributed by atoms with Crippen molar-refractivity contribution in [3.05, 3.63) is 94.3 Å². The van der Waals surface area contributed by atoms with Crippen LogP contribution in [0, 0.1) is 20.8 Å². The first-order valence-electron chi connectivity index (χ1n) is 11.3. The molecule has 3 amide bonds. The molecule has 0 spiro atoms. The number of urea groups is 1. The third-order valence-electron chi connectivity index (χ3n) is 5.47. The Morgan fingerprint density at radius 2 is 1.69 bits per heavy atom. The second kappa shape index (κ2) is 11.8. The van der Waals surface area contributed by atoms with E-state index in [1.54, 1.807) is 6.08 Å². The highest BCUT2D eigenvalue weighted by molar-refractivity contribution is 5.98. The number of hydrogen-bond acceptors (Lipinski definition) is 5. The van der Waals surface area contributed by atoms with Gasteiger partial charge in [-0.2, -0.15) is 5.10 Å². The summed E-state index contributed by atoms with van der Waals surface area (Å²) in [6, 6.07) is 16.9. The van der Waals surface area contributed by atoms with Gasteiger partial charge in [0.1, 0.15) is 0 Å². The monoisotopic (exact) mass is 474 g/mol. The maximum absolute atomic E-state index is 12.3. The van der Waals surface area contributed by atoms with Gasteiger partial charge in [0.05, 0.1) is 12.2 Å². The highest BCUT2D eigenvalue weighted by Gasteiger charge is 2.19. The highest BCUT2D eigenvalue weighted by atomic mass is 16.5. The van der Waals surface area contributed by atoms with E-state index in [-0.39, 0.29) is 6.54 Å². The molecular weight excluding hydrogens is 444 g/mol. The molecule has 182 valence electrons.